The molecule has 0 bridgehead atoms. The lowest BCUT2D eigenvalue weighted by molar-refractivity contribution is -0.385. The molecular formula is C16H14N4O7. The Morgan fingerprint density at radius 2 is 1.52 bits per heavy atom. The van der Waals surface area contributed by atoms with Gasteiger partial charge in [0.2, 0.25) is 17.6 Å². The number of carbonyl (C=O) groups excluding carboxylic acids is 2. The average molecular weight is 374 g/mol. The summed E-state index contributed by atoms with van der Waals surface area (Å²) in [4.78, 5) is 43.2. The molecule has 0 aromatic heterocycles. The van der Waals surface area contributed by atoms with Crippen LogP contribution in [0.4, 0.5) is 22.7 Å². The van der Waals surface area contributed by atoms with E-state index in [0.29, 0.717) is 0 Å². The highest BCUT2D eigenvalue weighted by molar-refractivity contribution is 5.91. The zero-order chi connectivity index (χ0) is 20.1. The van der Waals surface area contributed by atoms with Crippen LogP contribution in [0.15, 0.2) is 36.4 Å². The highest BCUT2D eigenvalue weighted by atomic mass is 16.6. The molecule has 0 atom stereocenters. The summed E-state index contributed by atoms with van der Waals surface area (Å²) in [6.45, 7) is 2.46. The highest BCUT2D eigenvalue weighted by Gasteiger charge is 2.20. The molecule has 0 aliphatic heterocycles. The van der Waals surface area contributed by atoms with Gasteiger partial charge >= 0.3 is 5.69 Å². The van der Waals surface area contributed by atoms with Crippen molar-refractivity contribution in [3.8, 4) is 11.5 Å². The normalized spacial score (nSPS) is 10.0. The van der Waals surface area contributed by atoms with Crippen molar-refractivity contribution < 1.29 is 24.2 Å². The van der Waals surface area contributed by atoms with Crippen LogP contribution in [0.25, 0.3) is 0 Å². The Labute approximate surface area is 152 Å². The third kappa shape index (κ3) is 4.98. The topological polar surface area (TPSA) is 154 Å². The number of nitro benzene ring substituents is 2. The molecule has 0 aliphatic rings. The Hall–Kier alpha value is -4.02. The molecule has 2 rings (SSSR count). The molecular weight excluding hydrogens is 360 g/mol. The number of nitrogens with one attached hydrogen (secondary N) is 2. The van der Waals surface area contributed by atoms with Crippen molar-refractivity contribution in [2.24, 2.45) is 0 Å². The third-order valence-electron chi connectivity index (χ3n) is 3.18. The van der Waals surface area contributed by atoms with Gasteiger partial charge in [-0.05, 0) is 24.3 Å². The minimum Gasteiger partial charge on any atom is -0.450 e. The van der Waals surface area contributed by atoms with E-state index < -0.39 is 33.0 Å². The maximum Gasteiger partial charge on any atom is 0.313 e. The second-order valence-electron chi connectivity index (χ2n) is 5.34. The fourth-order valence-electron chi connectivity index (χ4n) is 2.18. The lowest BCUT2D eigenvalue weighted by Gasteiger charge is -2.10. The van der Waals surface area contributed by atoms with Crippen LogP contribution in [0.1, 0.15) is 13.8 Å². The second-order valence-corrected chi connectivity index (χ2v) is 5.34. The number of nitrogens with zero attached hydrogens (tertiary/aromatic N) is 2. The van der Waals surface area contributed by atoms with E-state index in [0.717, 1.165) is 12.1 Å². The first-order valence-electron chi connectivity index (χ1n) is 7.47. The van der Waals surface area contributed by atoms with Gasteiger partial charge in [0, 0.05) is 25.6 Å². The number of benzene rings is 2. The molecule has 0 saturated carbocycles. The molecule has 2 aromatic carbocycles. The quantitative estimate of drug-likeness (QED) is 0.581. The highest BCUT2D eigenvalue weighted by Crippen LogP contribution is 2.36. The van der Waals surface area contributed by atoms with Crippen molar-refractivity contribution in [3.63, 3.8) is 0 Å². The van der Waals surface area contributed by atoms with Gasteiger partial charge in [-0.15, -0.1) is 0 Å². The molecule has 0 fully saturated rings. The fraction of sp³-hybridized carbons (Fsp3) is 0.125. The van der Waals surface area contributed by atoms with Gasteiger partial charge in [0.25, 0.3) is 5.69 Å². The van der Waals surface area contributed by atoms with Crippen molar-refractivity contribution in [3.05, 3.63) is 56.6 Å². The standard InChI is InChI=1S/C16H14N4O7/c1-9(21)17-11-3-6-16(15(7-11)20(25)26)27-12-4-5-13(18-10(2)22)14(8-12)19(23)24/h3-8H,1-2H3,(H,17,21)(H,18,22). The molecule has 2 aromatic rings. The average Bonchev–Trinajstić information content (AvgIpc) is 2.56. The molecule has 2 amide bonds. The zero-order valence-corrected chi connectivity index (χ0v) is 14.2. The minimum absolute atomic E-state index is 0.0321. The van der Waals surface area contributed by atoms with Crippen molar-refractivity contribution in [1.29, 1.82) is 0 Å². The number of anilines is 2. The summed E-state index contributed by atoms with van der Waals surface area (Å²) in [7, 11) is 0. The smallest absolute Gasteiger partial charge is 0.313 e. The predicted octanol–water partition coefficient (Wildman–Crippen LogP) is 3.21. The van der Waals surface area contributed by atoms with E-state index in [1.807, 2.05) is 0 Å². The summed E-state index contributed by atoms with van der Waals surface area (Å²) in [6, 6.07) is 7.38. The zero-order valence-electron chi connectivity index (χ0n) is 14.2. The van der Waals surface area contributed by atoms with Gasteiger partial charge in [0.15, 0.2) is 0 Å². The first-order chi connectivity index (χ1) is 12.7. The molecule has 0 spiro atoms. The maximum atomic E-state index is 11.3. The number of nitro groups is 2. The first kappa shape index (κ1) is 19.3. The van der Waals surface area contributed by atoms with E-state index in [1.165, 1.54) is 38.1 Å². The van der Waals surface area contributed by atoms with Crippen molar-refractivity contribution in [2.45, 2.75) is 13.8 Å². The maximum absolute atomic E-state index is 11.3. The summed E-state index contributed by atoms with van der Waals surface area (Å²) in [5.74, 6) is -1.10. The molecule has 140 valence electrons. The number of ether oxygens (including phenoxy) is 1. The summed E-state index contributed by atoms with van der Waals surface area (Å²) in [5, 5.41) is 27.2. The van der Waals surface area contributed by atoms with E-state index >= 15 is 0 Å². The van der Waals surface area contributed by atoms with E-state index in [1.54, 1.807) is 0 Å². The van der Waals surface area contributed by atoms with Gasteiger partial charge in [0.1, 0.15) is 11.4 Å². The number of amides is 2. The first-order valence-corrected chi connectivity index (χ1v) is 7.47. The lowest BCUT2D eigenvalue weighted by Crippen LogP contribution is -2.08. The Morgan fingerprint density at radius 1 is 0.889 bits per heavy atom. The largest absolute Gasteiger partial charge is 0.450 e. The summed E-state index contributed by atoms with van der Waals surface area (Å²) in [6.07, 6.45) is 0. The molecule has 2 N–H and O–H groups in total. The van der Waals surface area contributed by atoms with Crippen molar-refractivity contribution in [1.82, 2.24) is 0 Å². The lowest BCUT2D eigenvalue weighted by atomic mass is 10.2. The Bertz CT molecular complexity index is 942. The van der Waals surface area contributed by atoms with Gasteiger partial charge in [-0.3, -0.25) is 29.8 Å². The minimum atomic E-state index is -0.716. The van der Waals surface area contributed by atoms with E-state index in [-0.39, 0.29) is 22.9 Å². The molecule has 0 saturated heterocycles. The van der Waals surface area contributed by atoms with Crippen molar-refractivity contribution in [2.75, 3.05) is 10.6 Å². The van der Waals surface area contributed by atoms with Gasteiger partial charge < -0.3 is 15.4 Å². The molecule has 11 nitrogen and oxygen atoms in total. The predicted molar refractivity (Wildman–Crippen MR) is 94.9 cm³/mol. The number of carbonyl (C=O) groups is 2. The van der Waals surface area contributed by atoms with Crippen LogP contribution in [0, 0.1) is 20.2 Å². The number of hydrogen-bond acceptors (Lipinski definition) is 7. The van der Waals surface area contributed by atoms with Gasteiger partial charge in [-0.2, -0.15) is 0 Å². The SMILES string of the molecule is CC(=O)Nc1ccc(Oc2ccc(NC(C)=O)c([N+](=O)[O-])c2)c([N+](=O)[O-])c1. The van der Waals surface area contributed by atoms with Crippen LogP contribution in [0.2, 0.25) is 0 Å². The van der Waals surface area contributed by atoms with Crippen LogP contribution in [-0.2, 0) is 9.59 Å². The molecule has 0 unspecified atom stereocenters. The monoisotopic (exact) mass is 374 g/mol. The van der Waals surface area contributed by atoms with Gasteiger partial charge in [0.05, 0.1) is 15.9 Å². The van der Waals surface area contributed by atoms with Crippen LogP contribution in [0.5, 0.6) is 11.5 Å². The summed E-state index contributed by atoms with van der Waals surface area (Å²) < 4.78 is 5.41. The summed E-state index contributed by atoms with van der Waals surface area (Å²) >= 11 is 0. The van der Waals surface area contributed by atoms with Crippen molar-refractivity contribution >= 4 is 34.6 Å². The summed E-state index contributed by atoms with van der Waals surface area (Å²) in [5.41, 5.74) is -0.695. The molecule has 0 radical (unpaired) electrons. The van der Waals surface area contributed by atoms with Crippen LogP contribution in [-0.4, -0.2) is 21.7 Å². The molecule has 11 heteroatoms. The number of hydrogen-bond donors (Lipinski definition) is 2. The Kier molecular flexibility index (Phi) is 5.65. The van der Waals surface area contributed by atoms with E-state index in [4.69, 9.17) is 4.74 Å². The fourth-order valence-corrected chi connectivity index (χ4v) is 2.18. The molecule has 0 heterocycles. The third-order valence-corrected chi connectivity index (χ3v) is 3.18. The van der Waals surface area contributed by atoms with Crippen LogP contribution >= 0.6 is 0 Å². The van der Waals surface area contributed by atoms with Gasteiger partial charge in [-0.1, -0.05) is 0 Å². The van der Waals surface area contributed by atoms with Crippen LogP contribution < -0.4 is 15.4 Å². The molecule has 27 heavy (non-hydrogen) atoms. The van der Waals surface area contributed by atoms with Crippen LogP contribution in [0.3, 0.4) is 0 Å². The van der Waals surface area contributed by atoms with E-state index in [9.17, 15) is 29.8 Å². The Balaban J connectivity index is 2.39. The van der Waals surface area contributed by atoms with E-state index in [2.05, 4.69) is 10.6 Å². The second kappa shape index (κ2) is 7.91. The molecule has 0 aliphatic carbocycles. The Morgan fingerprint density at radius 3 is 2.07 bits per heavy atom. The number of rotatable bonds is 6. The van der Waals surface area contributed by atoms with Gasteiger partial charge in [-0.25, -0.2) is 0 Å².